The second-order valence-corrected chi connectivity index (χ2v) is 3.90. The fourth-order valence-corrected chi connectivity index (χ4v) is 1.74. The molecule has 2 nitrogen and oxygen atoms in total. The molecule has 86 valence electrons. The van der Waals surface area contributed by atoms with E-state index in [9.17, 15) is 9.90 Å². The van der Waals surface area contributed by atoms with Crippen LogP contribution in [0.5, 0.6) is 5.75 Å². The molecule has 0 aromatic heterocycles. The van der Waals surface area contributed by atoms with Crippen LogP contribution in [-0.4, -0.2) is 5.11 Å². The van der Waals surface area contributed by atoms with Crippen molar-refractivity contribution in [3.63, 3.8) is 0 Å². The highest BCUT2D eigenvalue weighted by Gasteiger charge is 2.05. The molecule has 2 aromatic rings. The smallest absolute Gasteiger partial charge is 0.220 e. The van der Waals surface area contributed by atoms with Gasteiger partial charge in [0.15, 0.2) is 5.75 Å². The molecule has 2 rings (SSSR count). The Kier molecular flexibility index (Phi) is 3.24. The lowest BCUT2D eigenvalue weighted by Gasteiger charge is -2.02. The van der Waals surface area contributed by atoms with E-state index in [4.69, 9.17) is 0 Å². The minimum Gasteiger partial charge on any atom is -0.504 e. The number of rotatable bonds is 2. The van der Waals surface area contributed by atoms with Gasteiger partial charge in [-0.1, -0.05) is 49.4 Å². The second kappa shape index (κ2) is 4.83. The molecule has 0 radical (unpaired) electrons. The largest absolute Gasteiger partial charge is 0.504 e. The van der Waals surface area contributed by atoms with Crippen LogP contribution in [0.3, 0.4) is 0 Å². The van der Waals surface area contributed by atoms with Crippen LogP contribution in [0.4, 0.5) is 0 Å². The van der Waals surface area contributed by atoms with Crippen molar-refractivity contribution in [2.45, 2.75) is 13.3 Å². The summed E-state index contributed by atoms with van der Waals surface area (Å²) in [5.74, 6) is -0.195. The summed E-state index contributed by atoms with van der Waals surface area (Å²) in [6.45, 7) is 2.09. The van der Waals surface area contributed by atoms with E-state index in [0.717, 1.165) is 12.0 Å². The first-order chi connectivity index (χ1) is 8.22. The van der Waals surface area contributed by atoms with Crippen LogP contribution in [0.1, 0.15) is 12.5 Å². The monoisotopic (exact) mass is 226 g/mol. The van der Waals surface area contributed by atoms with Crippen molar-refractivity contribution >= 4 is 0 Å². The Bertz CT molecular complexity index is 571. The van der Waals surface area contributed by atoms with Crippen LogP contribution in [0.2, 0.25) is 0 Å². The van der Waals surface area contributed by atoms with Crippen molar-refractivity contribution in [3.05, 3.63) is 64.3 Å². The molecule has 0 aliphatic heterocycles. The van der Waals surface area contributed by atoms with Crippen LogP contribution in [0, 0.1) is 0 Å². The van der Waals surface area contributed by atoms with Gasteiger partial charge in [0, 0.05) is 5.56 Å². The molecular formula is C15H14O2. The van der Waals surface area contributed by atoms with Crippen LogP contribution >= 0.6 is 0 Å². The molecule has 17 heavy (non-hydrogen) atoms. The van der Waals surface area contributed by atoms with Gasteiger partial charge in [-0.05, 0) is 23.6 Å². The van der Waals surface area contributed by atoms with Gasteiger partial charge in [-0.2, -0.15) is 0 Å². The molecular weight excluding hydrogens is 212 g/mol. The normalized spacial score (nSPS) is 10.2. The third kappa shape index (κ3) is 2.36. The van der Waals surface area contributed by atoms with Crippen molar-refractivity contribution in [1.82, 2.24) is 0 Å². The van der Waals surface area contributed by atoms with Gasteiger partial charge in [0.25, 0.3) is 0 Å². The first-order valence-electron chi connectivity index (χ1n) is 5.64. The van der Waals surface area contributed by atoms with Gasteiger partial charge in [-0.15, -0.1) is 0 Å². The lowest BCUT2D eigenvalue weighted by molar-refractivity contribution is 0.473. The number of aromatic hydroxyl groups is 1. The summed E-state index contributed by atoms with van der Waals surface area (Å²) in [6.07, 6.45) is 0.974. The molecule has 0 aliphatic carbocycles. The van der Waals surface area contributed by atoms with Gasteiger partial charge in [0.2, 0.25) is 5.43 Å². The molecule has 0 amide bonds. The second-order valence-electron chi connectivity index (χ2n) is 3.90. The summed E-state index contributed by atoms with van der Waals surface area (Å²) in [5, 5.41) is 9.82. The number of hydrogen-bond donors (Lipinski definition) is 1. The molecule has 0 aliphatic rings. The fourth-order valence-electron chi connectivity index (χ4n) is 1.74. The minimum atomic E-state index is -0.357. The van der Waals surface area contributed by atoms with Crippen molar-refractivity contribution in [2.24, 2.45) is 0 Å². The minimum absolute atomic E-state index is 0.195. The van der Waals surface area contributed by atoms with Crippen LogP contribution in [0.15, 0.2) is 53.3 Å². The molecule has 0 spiro atoms. The standard InChI is InChI=1S/C15H14O2/c1-2-11-7-9-12(10-8-11)13-5-3-4-6-14(16)15(13)17/h3-10H,2H2,1H3,(H,16,17). The van der Waals surface area contributed by atoms with E-state index in [1.54, 1.807) is 18.2 Å². The average molecular weight is 226 g/mol. The third-order valence-electron chi connectivity index (χ3n) is 2.78. The quantitative estimate of drug-likeness (QED) is 0.854. The van der Waals surface area contributed by atoms with Gasteiger partial charge in [0.05, 0.1) is 0 Å². The number of aryl methyl sites for hydroxylation is 1. The molecule has 0 fully saturated rings. The van der Waals surface area contributed by atoms with E-state index >= 15 is 0 Å². The SMILES string of the molecule is CCc1ccc(-c2ccccc(=O)c2O)cc1. The van der Waals surface area contributed by atoms with E-state index in [1.165, 1.54) is 11.6 Å². The van der Waals surface area contributed by atoms with E-state index in [-0.39, 0.29) is 11.2 Å². The molecule has 0 bridgehead atoms. The zero-order valence-corrected chi connectivity index (χ0v) is 9.68. The Labute approximate surface area is 100 Å². The van der Waals surface area contributed by atoms with Crippen molar-refractivity contribution in [1.29, 1.82) is 0 Å². The fraction of sp³-hybridized carbons (Fsp3) is 0.133. The summed E-state index contributed by atoms with van der Waals surface area (Å²) in [4.78, 5) is 11.5. The Morgan fingerprint density at radius 3 is 2.29 bits per heavy atom. The summed E-state index contributed by atoms with van der Waals surface area (Å²) in [6, 6.07) is 14.4. The summed E-state index contributed by atoms with van der Waals surface area (Å²) < 4.78 is 0. The summed E-state index contributed by atoms with van der Waals surface area (Å²) in [7, 11) is 0. The molecule has 2 heteroatoms. The van der Waals surface area contributed by atoms with Crippen LogP contribution in [0.25, 0.3) is 11.1 Å². The van der Waals surface area contributed by atoms with E-state index < -0.39 is 0 Å². The topological polar surface area (TPSA) is 37.3 Å². The zero-order chi connectivity index (χ0) is 12.3. The molecule has 0 heterocycles. The van der Waals surface area contributed by atoms with E-state index in [1.807, 2.05) is 24.3 Å². The lowest BCUT2D eigenvalue weighted by Crippen LogP contribution is -1.94. The molecule has 0 saturated carbocycles. The van der Waals surface area contributed by atoms with Crippen LogP contribution in [-0.2, 0) is 6.42 Å². The average Bonchev–Trinajstić information content (AvgIpc) is 2.53. The highest BCUT2D eigenvalue weighted by atomic mass is 16.3. The van der Waals surface area contributed by atoms with Gasteiger partial charge in [-0.25, -0.2) is 0 Å². The maximum Gasteiger partial charge on any atom is 0.220 e. The summed E-state index contributed by atoms with van der Waals surface area (Å²) >= 11 is 0. The summed E-state index contributed by atoms with van der Waals surface area (Å²) in [5.41, 5.74) is 2.30. The number of hydrogen-bond acceptors (Lipinski definition) is 2. The first-order valence-corrected chi connectivity index (χ1v) is 5.64. The van der Waals surface area contributed by atoms with Gasteiger partial charge < -0.3 is 5.11 Å². The third-order valence-corrected chi connectivity index (χ3v) is 2.78. The zero-order valence-electron chi connectivity index (χ0n) is 9.68. The molecule has 0 saturated heterocycles. The van der Waals surface area contributed by atoms with Crippen molar-refractivity contribution in [2.75, 3.05) is 0 Å². The predicted octanol–water partition coefficient (Wildman–Crippen LogP) is 2.98. The first kappa shape index (κ1) is 11.4. The lowest BCUT2D eigenvalue weighted by atomic mass is 10.0. The van der Waals surface area contributed by atoms with Crippen molar-refractivity contribution in [3.8, 4) is 16.9 Å². The molecule has 2 aromatic carbocycles. The van der Waals surface area contributed by atoms with E-state index in [0.29, 0.717) is 5.56 Å². The Balaban J connectivity index is 2.57. The van der Waals surface area contributed by atoms with Gasteiger partial charge in [0.1, 0.15) is 0 Å². The Morgan fingerprint density at radius 1 is 1.00 bits per heavy atom. The Hall–Kier alpha value is -2.09. The maximum atomic E-state index is 11.5. The maximum absolute atomic E-state index is 11.5. The highest BCUT2D eigenvalue weighted by molar-refractivity contribution is 5.69. The van der Waals surface area contributed by atoms with Gasteiger partial charge >= 0.3 is 0 Å². The van der Waals surface area contributed by atoms with E-state index in [2.05, 4.69) is 6.92 Å². The molecule has 1 N–H and O–H groups in total. The van der Waals surface area contributed by atoms with Gasteiger partial charge in [-0.3, -0.25) is 4.79 Å². The highest BCUT2D eigenvalue weighted by Crippen LogP contribution is 2.25. The molecule has 0 unspecified atom stereocenters. The Morgan fingerprint density at radius 2 is 1.65 bits per heavy atom. The van der Waals surface area contributed by atoms with Crippen LogP contribution < -0.4 is 5.43 Å². The van der Waals surface area contributed by atoms with Crippen molar-refractivity contribution < 1.29 is 5.11 Å². The predicted molar refractivity (Wildman–Crippen MR) is 69.2 cm³/mol. The number of benzene rings is 1. The molecule has 0 atom stereocenters.